The highest BCUT2D eigenvalue weighted by Crippen LogP contribution is 2.19. The lowest BCUT2D eigenvalue weighted by Gasteiger charge is -2.21. The summed E-state index contributed by atoms with van der Waals surface area (Å²) in [5.41, 5.74) is 6.05. The van der Waals surface area contributed by atoms with Crippen LogP contribution < -0.4 is 11.1 Å². The maximum atomic E-state index is 13.5. The Morgan fingerprint density at radius 1 is 1.44 bits per heavy atom. The van der Waals surface area contributed by atoms with Gasteiger partial charge in [0.1, 0.15) is 5.82 Å². The van der Waals surface area contributed by atoms with Crippen LogP contribution in [-0.2, 0) is 6.42 Å². The predicted molar refractivity (Wildman–Crippen MR) is 74.5 cm³/mol. The second-order valence-corrected chi connectivity index (χ2v) is 5.50. The molecule has 0 amide bonds. The Bertz CT molecular complexity index is 418. The molecule has 0 aliphatic rings. The number of nitrogens with two attached hydrogens (primary N) is 1. The molecule has 18 heavy (non-hydrogen) atoms. The summed E-state index contributed by atoms with van der Waals surface area (Å²) in [5.74, 6) is 0.0509. The standard InChI is InChI=1S/C13H19ClFN3/c1-13(2,3)18-12(16)17-8-7-9-10(14)5-4-6-11(9)15/h4-6H,7-8H2,1-3H3,(H3,16,17,18). The number of benzene rings is 1. The lowest BCUT2D eigenvalue weighted by Crippen LogP contribution is -2.45. The zero-order valence-corrected chi connectivity index (χ0v) is 11.7. The maximum Gasteiger partial charge on any atom is 0.188 e. The smallest absolute Gasteiger partial charge is 0.188 e. The summed E-state index contributed by atoms with van der Waals surface area (Å²) >= 11 is 5.92. The Labute approximate surface area is 112 Å². The van der Waals surface area contributed by atoms with Gasteiger partial charge < -0.3 is 11.1 Å². The largest absolute Gasteiger partial charge is 0.370 e. The van der Waals surface area contributed by atoms with Crippen LogP contribution in [0, 0.1) is 5.82 Å². The van der Waals surface area contributed by atoms with E-state index in [4.69, 9.17) is 17.3 Å². The first-order valence-electron chi connectivity index (χ1n) is 5.80. The summed E-state index contributed by atoms with van der Waals surface area (Å²) in [6, 6.07) is 4.64. The summed E-state index contributed by atoms with van der Waals surface area (Å²) in [5, 5.41) is 3.46. The summed E-state index contributed by atoms with van der Waals surface area (Å²) in [6.07, 6.45) is 0.429. The van der Waals surface area contributed by atoms with Gasteiger partial charge in [0.25, 0.3) is 0 Å². The second kappa shape index (κ2) is 6.05. The van der Waals surface area contributed by atoms with Gasteiger partial charge in [0, 0.05) is 22.7 Å². The lowest BCUT2D eigenvalue weighted by molar-refractivity contribution is 0.508. The number of halogens is 2. The van der Waals surface area contributed by atoms with E-state index in [2.05, 4.69) is 10.3 Å². The molecule has 5 heteroatoms. The lowest BCUT2D eigenvalue weighted by atomic mass is 10.1. The Balaban J connectivity index is 2.59. The Morgan fingerprint density at radius 3 is 2.67 bits per heavy atom. The minimum absolute atomic E-state index is 0.136. The van der Waals surface area contributed by atoms with Crippen LogP contribution in [0.4, 0.5) is 4.39 Å². The summed E-state index contributed by atoms with van der Waals surface area (Å²) in [6.45, 7) is 6.37. The van der Waals surface area contributed by atoms with Gasteiger partial charge in [-0.05, 0) is 39.3 Å². The number of rotatable bonds is 3. The molecule has 0 aliphatic carbocycles. The third-order valence-electron chi connectivity index (χ3n) is 2.21. The molecule has 0 bridgehead atoms. The molecule has 1 aromatic rings. The third-order valence-corrected chi connectivity index (χ3v) is 2.56. The molecule has 0 aliphatic heterocycles. The highest BCUT2D eigenvalue weighted by molar-refractivity contribution is 6.31. The second-order valence-electron chi connectivity index (χ2n) is 5.09. The average Bonchev–Trinajstić information content (AvgIpc) is 2.19. The van der Waals surface area contributed by atoms with Crippen LogP contribution in [0.2, 0.25) is 5.02 Å². The van der Waals surface area contributed by atoms with Crippen molar-refractivity contribution >= 4 is 17.6 Å². The minimum Gasteiger partial charge on any atom is -0.370 e. The van der Waals surface area contributed by atoms with Gasteiger partial charge in [-0.15, -0.1) is 0 Å². The van der Waals surface area contributed by atoms with Crippen molar-refractivity contribution in [3.8, 4) is 0 Å². The van der Waals surface area contributed by atoms with Gasteiger partial charge in [-0.25, -0.2) is 4.39 Å². The fraction of sp³-hybridized carbons (Fsp3) is 0.462. The van der Waals surface area contributed by atoms with E-state index in [0.717, 1.165) is 0 Å². The molecule has 0 atom stereocenters. The number of hydrogen-bond acceptors (Lipinski definition) is 1. The number of guanidine groups is 1. The van der Waals surface area contributed by atoms with Crippen molar-refractivity contribution < 1.29 is 4.39 Å². The van der Waals surface area contributed by atoms with Crippen LogP contribution in [0.25, 0.3) is 0 Å². The van der Waals surface area contributed by atoms with Crippen LogP contribution >= 0.6 is 11.6 Å². The molecule has 0 spiro atoms. The van der Waals surface area contributed by atoms with E-state index >= 15 is 0 Å². The normalized spacial score (nSPS) is 12.6. The molecule has 0 fully saturated rings. The van der Waals surface area contributed by atoms with E-state index in [0.29, 0.717) is 29.5 Å². The van der Waals surface area contributed by atoms with E-state index in [1.165, 1.54) is 6.07 Å². The van der Waals surface area contributed by atoms with Crippen molar-refractivity contribution in [2.75, 3.05) is 6.54 Å². The monoisotopic (exact) mass is 271 g/mol. The van der Waals surface area contributed by atoms with E-state index in [1.807, 2.05) is 20.8 Å². The number of nitrogens with one attached hydrogen (secondary N) is 1. The summed E-state index contributed by atoms with van der Waals surface area (Å²) < 4.78 is 13.5. The quantitative estimate of drug-likeness (QED) is 0.656. The van der Waals surface area contributed by atoms with Crippen molar-refractivity contribution in [1.29, 1.82) is 0 Å². The molecule has 1 aromatic carbocycles. The molecule has 0 saturated carbocycles. The van der Waals surface area contributed by atoms with Gasteiger partial charge >= 0.3 is 0 Å². The molecule has 0 heterocycles. The van der Waals surface area contributed by atoms with Gasteiger partial charge in [0.15, 0.2) is 5.96 Å². The number of nitrogens with zero attached hydrogens (tertiary/aromatic N) is 1. The fourth-order valence-electron chi connectivity index (χ4n) is 1.48. The van der Waals surface area contributed by atoms with Crippen molar-refractivity contribution in [3.63, 3.8) is 0 Å². The molecule has 3 N–H and O–H groups in total. The molecule has 100 valence electrons. The van der Waals surface area contributed by atoms with Crippen molar-refractivity contribution in [2.45, 2.75) is 32.7 Å². The predicted octanol–water partition coefficient (Wildman–Crippen LogP) is 2.72. The minimum atomic E-state index is -0.306. The van der Waals surface area contributed by atoms with E-state index < -0.39 is 0 Å². The first-order chi connectivity index (χ1) is 8.29. The molecule has 1 rings (SSSR count). The molecule has 0 saturated heterocycles. The zero-order valence-electron chi connectivity index (χ0n) is 10.9. The third kappa shape index (κ3) is 4.92. The molecule has 0 unspecified atom stereocenters. The zero-order chi connectivity index (χ0) is 13.8. The number of aliphatic imine (C=N–C) groups is 1. The Kier molecular flexibility index (Phi) is 4.96. The van der Waals surface area contributed by atoms with Crippen LogP contribution in [0.15, 0.2) is 23.2 Å². The van der Waals surface area contributed by atoms with Crippen LogP contribution in [-0.4, -0.2) is 18.0 Å². The van der Waals surface area contributed by atoms with E-state index in [-0.39, 0.29) is 11.4 Å². The van der Waals surface area contributed by atoms with E-state index in [9.17, 15) is 4.39 Å². The van der Waals surface area contributed by atoms with Crippen LogP contribution in [0.1, 0.15) is 26.3 Å². The van der Waals surface area contributed by atoms with Gasteiger partial charge in [-0.3, -0.25) is 4.99 Å². The topological polar surface area (TPSA) is 50.4 Å². The van der Waals surface area contributed by atoms with Gasteiger partial charge in [-0.2, -0.15) is 0 Å². The van der Waals surface area contributed by atoms with Crippen LogP contribution in [0.5, 0.6) is 0 Å². The Hall–Kier alpha value is -1.29. The fourth-order valence-corrected chi connectivity index (χ4v) is 1.74. The Morgan fingerprint density at radius 2 is 2.11 bits per heavy atom. The molecule has 0 radical (unpaired) electrons. The molecular formula is C13H19ClFN3. The van der Waals surface area contributed by atoms with Gasteiger partial charge in [-0.1, -0.05) is 17.7 Å². The molecule has 0 aromatic heterocycles. The highest BCUT2D eigenvalue weighted by atomic mass is 35.5. The van der Waals surface area contributed by atoms with Crippen molar-refractivity contribution in [2.24, 2.45) is 10.7 Å². The first-order valence-corrected chi connectivity index (χ1v) is 6.18. The van der Waals surface area contributed by atoms with E-state index in [1.54, 1.807) is 12.1 Å². The average molecular weight is 272 g/mol. The van der Waals surface area contributed by atoms with Gasteiger partial charge in [0.05, 0.1) is 0 Å². The number of hydrogen-bond donors (Lipinski definition) is 2. The molecular weight excluding hydrogens is 253 g/mol. The highest BCUT2D eigenvalue weighted by Gasteiger charge is 2.10. The summed E-state index contributed by atoms with van der Waals surface area (Å²) in [7, 11) is 0. The van der Waals surface area contributed by atoms with Crippen molar-refractivity contribution in [1.82, 2.24) is 5.32 Å². The van der Waals surface area contributed by atoms with Gasteiger partial charge in [0.2, 0.25) is 0 Å². The van der Waals surface area contributed by atoms with Crippen LogP contribution in [0.3, 0.4) is 0 Å². The first kappa shape index (κ1) is 14.8. The summed E-state index contributed by atoms with van der Waals surface area (Å²) in [4.78, 5) is 4.15. The van der Waals surface area contributed by atoms with Crippen molar-refractivity contribution in [3.05, 3.63) is 34.6 Å². The maximum absolute atomic E-state index is 13.5. The SMILES string of the molecule is CC(C)(C)NC(N)=NCCc1c(F)cccc1Cl. The molecule has 3 nitrogen and oxygen atoms in total.